The third-order valence-electron chi connectivity index (χ3n) is 20.3. The molecule has 4 heterocycles. The van der Waals surface area contributed by atoms with Gasteiger partial charge in [0.05, 0.1) is 22.4 Å². The third-order valence-corrected chi connectivity index (χ3v) is 20.3. The lowest BCUT2D eigenvalue weighted by atomic mass is 9.93. The summed E-state index contributed by atoms with van der Waals surface area (Å²) in [7, 11) is 0. The quantitative estimate of drug-likeness (QED) is 0.111. The Kier molecular flexibility index (Phi) is 16.8. The molecule has 0 fully saturated rings. The van der Waals surface area contributed by atoms with Gasteiger partial charge in [0, 0.05) is 66.1 Å². The molecule has 20 aromatic rings. The van der Waals surface area contributed by atoms with Crippen molar-refractivity contribution in [2.45, 2.75) is 0 Å². The van der Waals surface area contributed by atoms with Gasteiger partial charge in [0.1, 0.15) is 0 Å². The Morgan fingerprint density at radius 1 is 0.148 bits per heavy atom. The van der Waals surface area contributed by atoms with Crippen LogP contribution >= 0.6 is 0 Å². The molecule has 0 saturated heterocycles. The number of aromatic nitrogens is 8. The Hall–Kier alpha value is -14.6. The van der Waals surface area contributed by atoms with Gasteiger partial charge in [0.25, 0.3) is 0 Å². The van der Waals surface area contributed by atoms with Crippen LogP contribution in [-0.4, -0.2) is 39.9 Å². The van der Waals surface area contributed by atoms with Gasteiger partial charge in [0.2, 0.25) is 0 Å². The molecule has 8 nitrogen and oxygen atoms in total. The van der Waals surface area contributed by atoms with Crippen molar-refractivity contribution in [3.8, 4) is 135 Å². The van der Waals surface area contributed by atoms with Crippen LogP contribution in [0.2, 0.25) is 0 Å². The standard InChI is InChI=1S/2C50H32N4/c1-3-12-33(13-4-1)34-22-26-38(27-23-34)49-52-48(37-15-5-2-6-16-37)53-50(54-49)39-28-24-35(25-29-39)40-17-11-18-41(32-40)47-46-42-19-8-7-14-36(42)30-31-44(46)43-20-9-10-21-45(43)51-47;1-3-10-33(11-4-1)34-18-22-39(23-19-34)49-52-48(38-13-5-2-6-14-38)53-50(54-49)40-24-20-35(21-25-40)41-15-9-16-42(32-41)46-31-28-37-27-29-44-43-17-8-7-12-36(43)26-30-45(44)47(37)51-46/h2*1-32H. The summed E-state index contributed by atoms with van der Waals surface area (Å²) in [5, 5.41) is 12.0. The smallest absolute Gasteiger partial charge is 0.164 e. The molecule has 0 unspecified atom stereocenters. The van der Waals surface area contributed by atoms with Crippen molar-refractivity contribution in [2.75, 3.05) is 0 Å². The Labute approximate surface area is 624 Å². The molecule has 0 aliphatic carbocycles. The molecule has 0 radical (unpaired) electrons. The minimum atomic E-state index is 0.630. The molecule has 0 saturated carbocycles. The zero-order chi connectivity index (χ0) is 71.7. The van der Waals surface area contributed by atoms with Gasteiger partial charge in [-0.3, -0.25) is 0 Å². The maximum Gasteiger partial charge on any atom is 0.164 e. The second kappa shape index (κ2) is 28.2. The summed E-state index contributed by atoms with van der Waals surface area (Å²) >= 11 is 0. The molecule has 0 amide bonds. The van der Waals surface area contributed by atoms with Crippen LogP contribution in [0.4, 0.5) is 0 Å². The molecule has 0 aliphatic heterocycles. The number of fused-ring (bicyclic) bond motifs is 10. The molecule has 0 N–H and O–H groups in total. The van der Waals surface area contributed by atoms with E-state index in [0.29, 0.717) is 34.9 Å². The van der Waals surface area contributed by atoms with E-state index in [9.17, 15) is 0 Å². The predicted molar refractivity (Wildman–Crippen MR) is 446 cm³/mol. The van der Waals surface area contributed by atoms with Gasteiger partial charge in [-0.25, -0.2) is 39.9 Å². The minimum absolute atomic E-state index is 0.630. The number of nitrogens with zero attached hydrogens (tertiary/aromatic N) is 8. The highest BCUT2D eigenvalue weighted by atomic mass is 15.0. The molecule has 108 heavy (non-hydrogen) atoms. The summed E-state index contributed by atoms with van der Waals surface area (Å²) in [4.78, 5) is 40.3. The molecule has 0 aliphatic rings. The summed E-state index contributed by atoms with van der Waals surface area (Å²) < 4.78 is 0. The van der Waals surface area contributed by atoms with E-state index >= 15 is 0 Å². The maximum absolute atomic E-state index is 5.28. The SMILES string of the molecule is c1ccc(-c2ccc(-c3nc(-c4ccccc4)nc(-c4ccc(-c5cccc(-c6ccc7ccc8c9ccccc9ccc8c7n6)c5)cc4)n3)cc2)cc1.c1ccc(-c2ccc(-c3nc(-c4ccccc4)nc(-c4ccc(-c5cccc(-c6nc7ccccc7c7ccc8ccccc8c67)c5)cc4)n3)cc2)cc1. The molecule has 4 aromatic heterocycles. The van der Waals surface area contributed by atoms with E-state index < -0.39 is 0 Å². The highest BCUT2D eigenvalue weighted by molar-refractivity contribution is 6.21. The number of pyridine rings is 2. The zero-order valence-corrected chi connectivity index (χ0v) is 58.5. The van der Waals surface area contributed by atoms with Crippen molar-refractivity contribution < 1.29 is 0 Å². The van der Waals surface area contributed by atoms with Gasteiger partial charge in [-0.2, -0.15) is 0 Å². The normalized spacial score (nSPS) is 11.3. The molecule has 0 atom stereocenters. The van der Waals surface area contributed by atoms with Crippen molar-refractivity contribution >= 4 is 64.9 Å². The number of rotatable bonds is 12. The first-order valence-electron chi connectivity index (χ1n) is 36.3. The lowest BCUT2D eigenvalue weighted by molar-refractivity contribution is 1.07. The largest absolute Gasteiger partial charge is 0.247 e. The first-order chi connectivity index (χ1) is 53.5. The molecular weight excluding hydrogens is 1310 g/mol. The molecule has 16 aromatic carbocycles. The highest BCUT2D eigenvalue weighted by Crippen LogP contribution is 2.41. The summed E-state index contributed by atoms with van der Waals surface area (Å²) in [6.07, 6.45) is 0. The first kappa shape index (κ1) is 64.3. The fourth-order valence-electron chi connectivity index (χ4n) is 14.7. The number of hydrogen-bond acceptors (Lipinski definition) is 8. The third kappa shape index (κ3) is 12.7. The van der Waals surface area contributed by atoms with Crippen LogP contribution < -0.4 is 0 Å². The lowest BCUT2D eigenvalue weighted by Gasteiger charge is -2.14. The zero-order valence-electron chi connectivity index (χ0n) is 58.5. The van der Waals surface area contributed by atoms with Gasteiger partial charge in [0.15, 0.2) is 34.9 Å². The molecular formula is C100H64N8. The predicted octanol–water partition coefficient (Wildman–Crippen LogP) is 25.5. The summed E-state index contributed by atoms with van der Waals surface area (Å²) in [5.74, 6) is 3.82. The minimum Gasteiger partial charge on any atom is -0.247 e. The summed E-state index contributed by atoms with van der Waals surface area (Å²) in [6, 6.07) is 135. The van der Waals surface area contributed by atoms with Crippen LogP contribution in [0.15, 0.2) is 388 Å². The van der Waals surface area contributed by atoms with Crippen LogP contribution in [0.5, 0.6) is 0 Å². The van der Waals surface area contributed by atoms with Crippen LogP contribution in [0.1, 0.15) is 0 Å². The maximum atomic E-state index is 5.28. The van der Waals surface area contributed by atoms with Crippen molar-refractivity contribution in [3.63, 3.8) is 0 Å². The fourth-order valence-corrected chi connectivity index (χ4v) is 14.7. The number of benzene rings is 16. The van der Waals surface area contributed by atoms with E-state index in [2.05, 4.69) is 315 Å². The Morgan fingerprint density at radius 3 is 0.954 bits per heavy atom. The second-order valence-corrected chi connectivity index (χ2v) is 26.9. The first-order valence-corrected chi connectivity index (χ1v) is 36.3. The fraction of sp³-hybridized carbons (Fsp3) is 0. The highest BCUT2D eigenvalue weighted by Gasteiger charge is 2.19. The van der Waals surface area contributed by atoms with Crippen LogP contribution in [0.25, 0.3) is 200 Å². The van der Waals surface area contributed by atoms with Crippen LogP contribution in [-0.2, 0) is 0 Å². The van der Waals surface area contributed by atoms with E-state index in [4.69, 9.17) is 39.9 Å². The average molecular weight is 1380 g/mol. The van der Waals surface area contributed by atoms with Crippen LogP contribution in [0, 0.1) is 0 Å². The van der Waals surface area contributed by atoms with E-state index in [-0.39, 0.29) is 0 Å². The Bertz CT molecular complexity index is 6730. The van der Waals surface area contributed by atoms with Gasteiger partial charge < -0.3 is 0 Å². The number of hydrogen-bond donors (Lipinski definition) is 0. The molecule has 504 valence electrons. The van der Waals surface area contributed by atoms with Crippen molar-refractivity contribution in [3.05, 3.63) is 388 Å². The topological polar surface area (TPSA) is 103 Å². The molecule has 20 rings (SSSR count). The van der Waals surface area contributed by atoms with Crippen molar-refractivity contribution in [1.82, 2.24) is 39.9 Å². The van der Waals surface area contributed by atoms with Crippen LogP contribution in [0.3, 0.4) is 0 Å². The van der Waals surface area contributed by atoms with E-state index in [0.717, 1.165) is 111 Å². The van der Waals surface area contributed by atoms with E-state index in [1.54, 1.807) is 0 Å². The molecule has 0 bridgehead atoms. The average Bonchev–Trinajstić information content (AvgIpc) is 0.745. The lowest BCUT2D eigenvalue weighted by Crippen LogP contribution is -2.00. The second-order valence-electron chi connectivity index (χ2n) is 26.9. The van der Waals surface area contributed by atoms with E-state index in [1.807, 2.05) is 72.8 Å². The molecule has 0 spiro atoms. The van der Waals surface area contributed by atoms with Gasteiger partial charge in [-0.1, -0.05) is 364 Å². The summed E-state index contributed by atoms with van der Waals surface area (Å²) in [6.45, 7) is 0. The van der Waals surface area contributed by atoms with Crippen molar-refractivity contribution in [1.29, 1.82) is 0 Å². The Balaban J connectivity index is 0.000000147. The summed E-state index contributed by atoms with van der Waals surface area (Å²) in [5.41, 5.74) is 20.8. The van der Waals surface area contributed by atoms with Gasteiger partial charge >= 0.3 is 0 Å². The molecule has 8 heteroatoms. The van der Waals surface area contributed by atoms with Gasteiger partial charge in [-0.05, 0) is 101 Å². The van der Waals surface area contributed by atoms with Gasteiger partial charge in [-0.15, -0.1) is 0 Å². The number of para-hydroxylation sites is 1. The monoisotopic (exact) mass is 1380 g/mol. The Morgan fingerprint density at radius 2 is 0.463 bits per heavy atom. The van der Waals surface area contributed by atoms with E-state index in [1.165, 1.54) is 54.2 Å². The van der Waals surface area contributed by atoms with Crippen molar-refractivity contribution in [2.24, 2.45) is 0 Å².